The molecule has 1 heterocycles. The third-order valence-electron chi connectivity index (χ3n) is 7.56. The number of nitrogens with two attached hydrogens (primary N) is 1. The highest BCUT2D eigenvalue weighted by Gasteiger charge is 2.41. The van der Waals surface area contributed by atoms with Crippen LogP contribution in [0.4, 0.5) is 10.1 Å². The average Bonchev–Trinajstić information content (AvgIpc) is 2.89. The maximum Gasteiger partial charge on any atom is 0.161 e. The number of nitriles is 1. The van der Waals surface area contributed by atoms with Gasteiger partial charge in [0.25, 0.3) is 0 Å². The molecule has 0 fully saturated rings. The van der Waals surface area contributed by atoms with Crippen molar-refractivity contribution in [1.29, 1.82) is 5.26 Å². The molecule has 1 aliphatic carbocycles. The van der Waals surface area contributed by atoms with Gasteiger partial charge in [0.05, 0.1) is 23.2 Å². The fraction of sp³-hybridized carbons (Fsp3) is 0.250. The van der Waals surface area contributed by atoms with Gasteiger partial charge in [0.15, 0.2) is 5.78 Å². The zero-order valence-corrected chi connectivity index (χ0v) is 22.9. The van der Waals surface area contributed by atoms with Crippen molar-refractivity contribution in [2.24, 2.45) is 5.73 Å². The lowest BCUT2D eigenvalue weighted by atomic mass is 9.74. The van der Waals surface area contributed by atoms with E-state index in [0.29, 0.717) is 42.2 Å². The van der Waals surface area contributed by atoms with E-state index in [1.165, 1.54) is 6.07 Å². The first kappa shape index (κ1) is 26.5. The molecule has 0 radical (unpaired) electrons. The Balaban J connectivity index is 1.63. The molecule has 0 spiro atoms. The number of Topliss-reactive ketones (excluding diaryl/α,β-unsaturated/α-hetero) is 1. The molecule has 0 saturated carbocycles. The Morgan fingerprint density at radius 3 is 2.56 bits per heavy atom. The van der Waals surface area contributed by atoms with Crippen LogP contribution in [-0.2, 0) is 11.4 Å². The standard InChI is InChI=1S/C32H29ClFN3O2/c1-18-13-19(2)23(15-21(18)17-39-29-12-11-22(33)14-20(29)3)30-24(16-35)32(36)37(26-8-5-4-7-25(26)34)27-9-6-10-28(38)31(27)30/h4-5,7-8,11-15,30H,6,9-10,17,36H2,1-3H3. The summed E-state index contributed by atoms with van der Waals surface area (Å²) in [6, 6.07) is 18.1. The molecule has 2 N–H and O–H groups in total. The van der Waals surface area contributed by atoms with E-state index in [1.807, 2.05) is 45.0 Å². The van der Waals surface area contributed by atoms with E-state index < -0.39 is 11.7 Å². The Labute approximate surface area is 233 Å². The van der Waals surface area contributed by atoms with Gasteiger partial charge in [0.2, 0.25) is 0 Å². The van der Waals surface area contributed by atoms with Crippen molar-refractivity contribution < 1.29 is 13.9 Å². The molecule has 3 aromatic carbocycles. The number of nitrogens with zero attached hydrogens (tertiary/aromatic N) is 2. The normalized spacial score (nSPS) is 17.3. The summed E-state index contributed by atoms with van der Waals surface area (Å²) in [7, 11) is 0. The molecule has 2 aliphatic rings. The van der Waals surface area contributed by atoms with Gasteiger partial charge in [-0.1, -0.05) is 35.9 Å². The summed E-state index contributed by atoms with van der Waals surface area (Å²) in [6.45, 7) is 6.22. The van der Waals surface area contributed by atoms with Crippen LogP contribution in [0.15, 0.2) is 77.3 Å². The minimum atomic E-state index is -0.641. The number of hydrogen-bond donors (Lipinski definition) is 1. The minimum Gasteiger partial charge on any atom is -0.489 e. The number of carbonyl (C=O) groups is 1. The molecule has 1 aliphatic heterocycles. The Morgan fingerprint density at radius 1 is 1.08 bits per heavy atom. The van der Waals surface area contributed by atoms with Gasteiger partial charge in [-0.05, 0) is 91.8 Å². The van der Waals surface area contributed by atoms with E-state index in [4.69, 9.17) is 22.1 Å². The van der Waals surface area contributed by atoms with Gasteiger partial charge in [-0.15, -0.1) is 0 Å². The highest BCUT2D eigenvalue weighted by Crippen LogP contribution is 2.47. The van der Waals surface area contributed by atoms with Crippen LogP contribution in [0.5, 0.6) is 5.75 Å². The van der Waals surface area contributed by atoms with Crippen LogP contribution in [0.25, 0.3) is 0 Å². The second-order valence-corrected chi connectivity index (χ2v) is 10.5. The molecule has 0 saturated heterocycles. The maximum atomic E-state index is 15.0. The van der Waals surface area contributed by atoms with Crippen molar-refractivity contribution in [2.45, 2.75) is 52.6 Å². The van der Waals surface area contributed by atoms with Gasteiger partial charge < -0.3 is 10.5 Å². The van der Waals surface area contributed by atoms with Crippen LogP contribution < -0.4 is 15.4 Å². The molecule has 3 aromatic rings. The molecule has 0 aromatic heterocycles. The lowest BCUT2D eigenvalue weighted by Crippen LogP contribution is -2.39. The number of aryl methyl sites for hydroxylation is 3. The molecule has 0 bridgehead atoms. The fourth-order valence-corrected chi connectivity index (χ4v) is 5.85. The van der Waals surface area contributed by atoms with Gasteiger partial charge in [-0.25, -0.2) is 4.39 Å². The van der Waals surface area contributed by atoms with Crippen molar-refractivity contribution in [3.63, 3.8) is 0 Å². The molecule has 5 rings (SSSR count). The number of ketones is 1. The van der Waals surface area contributed by atoms with E-state index in [2.05, 4.69) is 6.07 Å². The Hall–Kier alpha value is -4.08. The number of anilines is 1. The van der Waals surface area contributed by atoms with Crippen LogP contribution >= 0.6 is 11.6 Å². The maximum absolute atomic E-state index is 15.0. The first-order chi connectivity index (χ1) is 18.7. The SMILES string of the molecule is Cc1cc(C)c(C2C(C#N)=C(N)N(c3ccccc3F)C3=C2C(=O)CCC3)cc1COc1ccc(Cl)cc1C. The number of carbonyl (C=O) groups excluding carboxylic acids is 1. The van der Waals surface area contributed by atoms with E-state index in [0.717, 1.165) is 33.6 Å². The highest BCUT2D eigenvalue weighted by molar-refractivity contribution is 6.30. The van der Waals surface area contributed by atoms with Crippen molar-refractivity contribution in [3.8, 4) is 11.8 Å². The highest BCUT2D eigenvalue weighted by atomic mass is 35.5. The van der Waals surface area contributed by atoms with Crippen LogP contribution in [0.2, 0.25) is 5.02 Å². The number of benzene rings is 3. The Bertz CT molecular complexity index is 1600. The Kier molecular flexibility index (Phi) is 7.20. The quantitative estimate of drug-likeness (QED) is 0.367. The van der Waals surface area contributed by atoms with Gasteiger partial charge >= 0.3 is 0 Å². The second kappa shape index (κ2) is 10.6. The molecule has 1 atom stereocenters. The van der Waals surface area contributed by atoms with E-state index >= 15 is 0 Å². The zero-order valence-electron chi connectivity index (χ0n) is 22.1. The summed E-state index contributed by atoms with van der Waals surface area (Å²) in [5.41, 5.74) is 12.9. The van der Waals surface area contributed by atoms with Gasteiger partial charge in [0.1, 0.15) is 24.0 Å². The molecular weight excluding hydrogens is 513 g/mol. The van der Waals surface area contributed by atoms with Crippen LogP contribution in [0, 0.1) is 37.9 Å². The summed E-state index contributed by atoms with van der Waals surface area (Å²) in [4.78, 5) is 15.1. The number of allylic oxidation sites excluding steroid dienone is 3. The van der Waals surface area contributed by atoms with E-state index in [-0.39, 0.29) is 22.9 Å². The van der Waals surface area contributed by atoms with Crippen LogP contribution in [0.3, 0.4) is 0 Å². The van der Waals surface area contributed by atoms with Crippen molar-refractivity contribution in [2.75, 3.05) is 4.90 Å². The lowest BCUT2D eigenvalue weighted by Gasteiger charge is -2.40. The summed E-state index contributed by atoms with van der Waals surface area (Å²) < 4.78 is 21.1. The number of rotatable bonds is 5. The molecule has 39 heavy (non-hydrogen) atoms. The summed E-state index contributed by atoms with van der Waals surface area (Å²) in [5, 5.41) is 11.0. The monoisotopic (exact) mass is 541 g/mol. The first-order valence-electron chi connectivity index (χ1n) is 12.9. The number of halogens is 2. The zero-order chi connectivity index (χ0) is 27.8. The third-order valence-corrected chi connectivity index (χ3v) is 7.80. The summed E-state index contributed by atoms with van der Waals surface area (Å²) in [5.74, 6) is -0.275. The van der Waals surface area contributed by atoms with E-state index in [1.54, 1.807) is 29.2 Å². The predicted molar refractivity (Wildman–Crippen MR) is 151 cm³/mol. The molecule has 198 valence electrons. The average molecular weight is 542 g/mol. The van der Waals surface area contributed by atoms with Crippen molar-refractivity contribution >= 4 is 23.1 Å². The molecule has 7 heteroatoms. The number of para-hydroxylation sites is 1. The molecule has 0 amide bonds. The Morgan fingerprint density at radius 2 is 1.85 bits per heavy atom. The lowest BCUT2D eigenvalue weighted by molar-refractivity contribution is -0.116. The fourth-order valence-electron chi connectivity index (χ4n) is 5.62. The molecular formula is C32H29ClFN3O2. The smallest absolute Gasteiger partial charge is 0.161 e. The molecule has 1 unspecified atom stereocenters. The first-order valence-corrected chi connectivity index (χ1v) is 13.3. The van der Waals surface area contributed by atoms with Crippen molar-refractivity contribution in [1.82, 2.24) is 0 Å². The minimum absolute atomic E-state index is 0.0441. The topological polar surface area (TPSA) is 79.4 Å². The van der Waals surface area contributed by atoms with Gasteiger partial charge in [-0.2, -0.15) is 5.26 Å². The van der Waals surface area contributed by atoms with Gasteiger partial charge in [0, 0.05) is 22.7 Å². The number of hydrogen-bond acceptors (Lipinski definition) is 5. The largest absolute Gasteiger partial charge is 0.489 e. The van der Waals surface area contributed by atoms with Gasteiger partial charge in [-0.3, -0.25) is 9.69 Å². The number of ether oxygens (including phenoxy) is 1. The van der Waals surface area contributed by atoms with E-state index in [9.17, 15) is 14.4 Å². The van der Waals surface area contributed by atoms with Crippen molar-refractivity contribution in [3.05, 3.63) is 116 Å². The summed E-state index contributed by atoms with van der Waals surface area (Å²) >= 11 is 6.10. The van der Waals surface area contributed by atoms with Crippen LogP contribution in [0.1, 0.15) is 53.0 Å². The molecule has 5 nitrogen and oxygen atoms in total. The second-order valence-electron chi connectivity index (χ2n) is 10.1. The predicted octanol–water partition coefficient (Wildman–Crippen LogP) is 7.29. The third kappa shape index (κ3) is 4.79. The van der Waals surface area contributed by atoms with Crippen LogP contribution in [-0.4, -0.2) is 5.78 Å². The summed E-state index contributed by atoms with van der Waals surface area (Å²) in [6.07, 6.45) is 1.56.